The number of sulfonamides is 1. The Kier molecular flexibility index (Phi) is 6.48. The second-order valence-corrected chi connectivity index (χ2v) is 10.3. The van der Waals surface area contributed by atoms with E-state index in [9.17, 15) is 13.2 Å². The van der Waals surface area contributed by atoms with Crippen LogP contribution in [0.15, 0.2) is 78.0 Å². The quantitative estimate of drug-likeness (QED) is 0.433. The fourth-order valence-corrected chi connectivity index (χ4v) is 5.54. The van der Waals surface area contributed by atoms with Crippen molar-refractivity contribution in [1.29, 1.82) is 0 Å². The molecule has 1 aliphatic rings. The van der Waals surface area contributed by atoms with Crippen LogP contribution >= 0.6 is 11.6 Å². The maximum absolute atomic E-state index is 13.4. The van der Waals surface area contributed by atoms with E-state index >= 15 is 0 Å². The van der Waals surface area contributed by atoms with E-state index in [0.29, 0.717) is 59.2 Å². The number of anilines is 1. The first-order chi connectivity index (χ1) is 16.9. The predicted molar refractivity (Wildman–Crippen MR) is 134 cm³/mol. The van der Waals surface area contributed by atoms with E-state index < -0.39 is 15.9 Å². The molecule has 8 nitrogen and oxygen atoms in total. The summed E-state index contributed by atoms with van der Waals surface area (Å²) < 4.78 is 32.7. The van der Waals surface area contributed by atoms with Gasteiger partial charge in [-0.25, -0.2) is 13.4 Å². The van der Waals surface area contributed by atoms with Crippen LogP contribution in [-0.4, -0.2) is 54.9 Å². The Morgan fingerprint density at radius 1 is 1.03 bits per heavy atom. The second kappa shape index (κ2) is 9.71. The first-order valence-corrected chi connectivity index (χ1v) is 12.7. The highest BCUT2D eigenvalue weighted by atomic mass is 35.5. The standard InChI is InChI=1S/C25H21ClN4O4S/c26-18-6-7-23-21(13-18)22(15-24(29-23)17-3-2-8-27-16-17)25(31)28-19-4-1-5-20(14-19)35(32,33)30-9-11-34-12-10-30/h1-8,13-16H,9-12H2,(H,28,31). The van der Waals surface area contributed by atoms with E-state index in [1.807, 2.05) is 6.07 Å². The number of carbonyl (C=O) groups is 1. The molecule has 0 unspecified atom stereocenters. The molecule has 2 aromatic heterocycles. The molecule has 1 amide bonds. The highest BCUT2D eigenvalue weighted by Gasteiger charge is 2.26. The van der Waals surface area contributed by atoms with Crippen LogP contribution in [0.1, 0.15) is 10.4 Å². The van der Waals surface area contributed by atoms with Crippen LogP contribution in [0.3, 0.4) is 0 Å². The Labute approximate surface area is 207 Å². The van der Waals surface area contributed by atoms with Crippen LogP contribution in [0.4, 0.5) is 5.69 Å². The van der Waals surface area contributed by atoms with Gasteiger partial charge in [-0.3, -0.25) is 9.78 Å². The molecule has 5 rings (SSSR count). The van der Waals surface area contributed by atoms with Crippen molar-refractivity contribution in [2.45, 2.75) is 4.90 Å². The second-order valence-electron chi connectivity index (χ2n) is 7.96. The van der Waals surface area contributed by atoms with Gasteiger partial charge in [0.2, 0.25) is 10.0 Å². The van der Waals surface area contributed by atoms with Gasteiger partial charge in [-0.2, -0.15) is 4.31 Å². The smallest absolute Gasteiger partial charge is 0.256 e. The number of benzene rings is 2. The third-order valence-corrected chi connectivity index (χ3v) is 7.80. The van der Waals surface area contributed by atoms with Gasteiger partial charge in [0.15, 0.2) is 0 Å². The lowest BCUT2D eigenvalue weighted by atomic mass is 10.0. The highest BCUT2D eigenvalue weighted by Crippen LogP contribution is 2.28. The van der Waals surface area contributed by atoms with Gasteiger partial charge in [0.25, 0.3) is 5.91 Å². The van der Waals surface area contributed by atoms with Gasteiger partial charge < -0.3 is 10.1 Å². The van der Waals surface area contributed by atoms with E-state index in [-0.39, 0.29) is 4.90 Å². The maximum Gasteiger partial charge on any atom is 0.256 e. The molecular formula is C25H21ClN4O4S. The topological polar surface area (TPSA) is 101 Å². The Hall–Kier alpha value is -3.37. The van der Waals surface area contributed by atoms with Gasteiger partial charge in [0.05, 0.1) is 34.9 Å². The number of hydrogen-bond acceptors (Lipinski definition) is 6. The fourth-order valence-electron chi connectivity index (χ4n) is 3.92. The number of amides is 1. The molecule has 0 spiro atoms. The summed E-state index contributed by atoms with van der Waals surface area (Å²) in [7, 11) is -3.70. The molecule has 2 aromatic carbocycles. The molecular weight excluding hydrogens is 488 g/mol. The summed E-state index contributed by atoms with van der Waals surface area (Å²) >= 11 is 6.21. The highest BCUT2D eigenvalue weighted by molar-refractivity contribution is 7.89. The number of pyridine rings is 2. The number of morpholine rings is 1. The van der Waals surface area contributed by atoms with Crippen molar-refractivity contribution in [3.8, 4) is 11.3 Å². The minimum absolute atomic E-state index is 0.107. The average Bonchev–Trinajstić information content (AvgIpc) is 2.89. The molecule has 1 aliphatic heterocycles. The van der Waals surface area contributed by atoms with Crippen molar-refractivity contribution < 1.29 is 17.9 Å². The number of carbonyl (C=O) groups excluding carboxylic acids is 1. The minimum atomic E-state index is -3.70. The van der Waals surface area contributed by atoms with Gasteiger partial charge in [0, 0.05) is 47.1 Å². The van der Waals surface area contributed by atoms with E-state index in [0.717, 1.165) is 5.56 Å². The molecule has 178 valence electrons. The lowest BCUT2D eigenvalue weighted by Crippen LogP contribution is -2.40. The van der Waals surface area contributed by atoms with Gasteiger partial charge in [-0.05, 0) is 54.6 Å². The monoisotopic (exact) mass is 508 g/mol. The van der Waals surface area contributed by atoms with Crippen LogP contribution in [0.5, 0.6) is 0 Å². The van der Waals surface area contributed by atoms with E-state index in [1.54, 1.807) is 54.9 Å². The van der Waals surface area contributed by atoms with Crippen molar-refractivity contribution in [3.63, 3.8) is 0 Å². The molecule has 0 aliphatic carbocycles. The van der Waals surface area contributed by atoms with E-state index in [2.05, 4.69) is 15.3 Å². The van der Waals surface area contributed by atoms with Crippen molar-refractivity contribution in [3.05, 3.63) is 83.6 Å². The molecule has 1 N–H and O–H groups in total. The number of nitrogens with zero attached hydrogens (tertiary/aromatic N) is 3. The third kappa shape index (κ3) is 4.89. The molecule has 4 aromatic rings. The van der Waals surface area contributed by atoms with Crippen molar-refractivity contribution in [1.82, 2.24) is 14.3 Å². The summed E-state index contributed by atoms with van der Waals surface area (Å²) in [4.78, 5) is 22.3. The summed E-state index contributed by atoms with van der Waals surface area (Å²) in [5.74, 6) is -0.411. The predicted octanol–water partition coefficient (Wildman–Crippen LogP) is 4.22. The minimum Gasteiger partial charge on any atom is -0.379 e. The average molecular weight is 509 g/mol. The number of nitrogens with one attached hydrogen (secondary N) is 1. The number of aromatic nitrogens is 2. The van der Waals surface area contributed by atoms with Crippen LogP contribution in [0, 0.1) is 0 Å². The summed E-state index contributed by atoms with van der Waals surface area (Å²) in [6.07, 6.45) is 3.33. The molecule has 0 atom stereocenters. The largest absolute Gasteiger partial charge is 0.379 e. The summed E-state index contributed by atoms with van der Waals surface area (Å²) in [5, 5.41) is 3.89. The zero-order valence-corrected chi connectivity index (χ0v) is 20.1. The number of fused-ring (bicyclic) bond motifs is 1. The van der Waals surface area contributed by atoms with Crippen LogP contribution < -0.4 is 5.32 Å². The summed E-state index contributed by atoms with van der Waals surface area (Å²) in [5.41, 5.74) is 2.67. The Morgan fingerprint density at radius 3 is 2.63 bits per heavy atom. The fraction of sp³-hybridized carbons (Fsp3) is 0.160. The summed E-state index contributed by atoms with van der Waals surface area (Å²) in [6.45, 7) is 1.29. The zero-order valence-electron chi connectivity index (χ0n) is 18.5. The van der Waals surface area contributed by atoms with Crippen molar-refractivity contribution in [2.75, 3.05) is 31.6 Å². The van der Waals surface area contributed by atoms with Gasteiger partial charge in [0.1, 0.15) is 0 Å². The van der Waals surface area contributed by atoms with Crippen molar-refractivity contribution in [2.24, 2.45) is 0 Å². The van der Waals surface area contributed by atoms with Crippen molar-refractivity contribution >= 4 is 44.1 Å². The number of halogens is 1. The SMILES string of the molecule is O=C(Nc1cccc(S(=O)(=O)N2CCOCC2)c1)c1cc(-c2cccnc2)nc2ccc(Cl)cc12. The molecule has 35 heavy (non-hydrogen) atoms. The Morgan fingerprint density at radius 2 is 1.86 bits per heavy atom. The summed E-state index contributed by atoms with van der Waals surface area (Å²) in [6, 6.07) is 16.7. The van der Waals surface area contributed by atoms with E-state index in [4.69, 9.17) is 16.3 Å². The molecule has 10 heteroatoms. The molecule has 1 fully saturated rings. The molecule has 0 radical (unpaired) electrons. The first-order valence-electron chi connectivity index (χ1n) is 10.9. The lowest BCUT2D eigenvalue weighted by Gasteiger charge is -2.26. The Bertz CT molecular complexity index is 1510. The van der Waals surface area contributed by atoms with Crippen LogP contribution in [0.25, 0.3) is 22.2 Å². The molecule has 0 bridgehead atoms. The number of hydrogen-bond donors (Lipinski definition) is 1. The third-order valence-electron chi connectivity index (χ3n) is 5.67. The lowest BCUT2D eigenvalue weighted by molar-refractivity contribution is 0.0730. The molecule has 1 saturated heterocycles. The van der Waals surface area contributed by atoms with E-state index in [1.165, 1.54) is 16.4 Å². The van der Waals surface area contributed by atoms with Crippen LogP contribution in [0.2, 0.25) is 5.02 Å². The molecule has 0 saturated carbocycles. The maximum atomic E-state index is 13.4. The first kappa shape index (κ1) is 23.4. The van der Waals surface area contributed by atoms with Gasteiger partial charge in [-0.15, -0.1) is 0 Å². The molecule has 3 heterocycles. The number of ether oxygens (including phenoxy) is 1. The zero-order chi connectivity index (χ0) is 24.4. The Balaban J connectivity index is 1.50. The number of rotatable bonds is 5. The van der Waals surface area contributed by atoms with Gasteiger partial charge >= 0.3 is 0 Å². The van der Waals surface area contributed by atoms with Gasteiger partial charge in [-0.1, -0.05) is 17.7 Å². The normalized spacial score (nSPS) is 14.7. The van der Waals surface area contributed by atoms with Crippen LogP contribution in [-0.2, 0) is 14.8 Å².